The van der Waals surface area contributed by atoms with Crippen LogP contribution in [-0.2, 0) is 14.2 Å². The molecule has 1 rings (SSSR count). The lowest BCUT2D eigenvalue weighted by molar-refractivity contribution is -0.147. The summed E-state index contributed by atoms with van der Waals surface area (Å²) in [4.78, 5) is 22.5. The second kappa shape index (κ2) is 9.70. The number of carboxylic acids is 1. The fraction of sp³-hybridized carbons (Fsp3) is 0.474. The second-order valence-corrected chi connectivity index (χ2v) is 8.19. The largest absolute Gasteiger partial charge is 0.481 e. The van der Waals surface area contributed by atoms with E-state index in [4.69, 9.17) is 5.73 Å². The monoisotopic (exact) mass is 381 g/mol. The molecule has 144 valence electrons. The molecule has 0 saturated carbocycles. The van der Waals surface area contributed by atoms with Gasteiger partial charge in [0.15, 0.2) is 0 Å². The highest BCUT2D eigenvalue weighted by atomic mass is 31.1. The zero-order valence-corrected chi connectivity index (χ0v) is 16.6. The van der Waals surface area contributed by atoms with Gasteiger partial charge in [0, 0.05) is 12.8 Å². The van der Waals surface area contributed by atoms with E-state index in [-0.39, 0.29) is 19.3 Å². The second-order valence-electron chi connectivity index (χ2n) is 6.96. The number of benzene rings is 1. The van der Waals surface area contributed by atoms with E-state index in [1.165, 1.54) is 0 Å². The van der Waals surface area contributed by atoms with Crippen molar-refractivity contribution in [3.8, 4) is 0 Å². The maximum absolute atomic E-state index is 11.7. The fourth-order valence-electron chi connectivity index (χ4n) is 3.05. The van der Waals surface area contributed by atoms with Crippen LogP contribution in [0, 0.1) is 5.92 Å². The van der Waals surface area contributed by atoms with Crippen LogP contribution < -0.4 is 5.73 Å². The quantitative estimate of drug-likeness (QED) is 0.539. The molecule has 26 heavy (non-hydrogen) atoms. The lowest BCUT2D eigenvalue weighted by atomic mass is 9.90. The molecular formula is C19H28NO5P. The van der Waals surface area contributed by atoms with E-state index in [2.05, 4.69) is 13.8 Å². The number of nitrogens with two attached hydrogens (primary N) is 1. The lowest BCUT2D eigenvalue weighted by Crippen LogP contribution is -2.38. The van der Waals surface area contributed by atoms with Crippen LogP contribution in [0.2, 0.25) is 0 Å². The molecule has 0 aromatic heterocycles. The van der Waals surface area contributed by atoms with Crippen LogP contribution in [0.25, 0.3) is 6.08 Å². The number of aliphatic hydroxyl groups is 1. The molecule has 0 heterocycles. The predicted octanol–water partition coefficient (Wildman–Crippen LogP) is 3.01. The third-order valence-electron chi connectivity index (χ3n) is 4.37. The van der Waals surface area contributed by atoms with E-state index in [1.54, 1.807) is 6.92 Å². The Hall–Kier alpha value is -1.91. The molecule has 1 aromatic carbocycles. The van der Waals surface area contributed by atoms with Crippen molar-refractivity contribution in [3.63, 3.8) is 0 Å². The third kappa shape index (κ3) is 6.11. The van der Waals surface area contributed by atoms with Crippen molar-refractivity contribution in [1.29, 1.82) is 0 Å². The summed E-state index contributed by atoms with van der Waals surface area (Å²) in [6.07, 6.45) is 1.50. The predicted molar refractivity (Wildman–Crippen MR) is 104 cm³/mol. The summed E-state index contributed by atoms with van der Waals surface area (Å²) in [5.74, 6) is -2.95. The van der Waals surface area contributed by atoms with Gasteiger partial charge in [0.25, 0.3) is 0 Å². The Labute approximate surface area is 155 Å². The molecule has 0 aliphatic rings. The number of rotatable bonds is 10. The Morgan fingerprint density at radius 1 is 1.31 bits per heavy atom. The number of primary amides is 1. The molecule has 3 atom stereocenters. The van der Waals surface area contributed by atoms with Crippen LogP contribution in [0.3, 0.4) is 0 Å². The van der Waals surface area contributed by atoms with E-state index in [0.717, 1.165) is 11.1 Å². The number of carbonyl (C=O) groups excluding carboxylic acids is 1. The van der Waals surface area contributed by atoms with Gasteiger partial charge in [-0.1, -0.05) is 49.8 Å². The average Bonchev–Trinajstić information content (AvgIpc) is 2.54. The standard InChI is InChI=1S/C19H28NO5P/c1-12(2)15-7-5-4-6-14(15)10-13(3)11-19(24,26-25)16(18(22)23)8-9-17(20)21/h4-7,10,12,16,24H,8-9,11,26H2,1-3H3,(H2,20,21)(H,22,23)/b13-10+. The number of aliphatic carboxylic acids is 1. The zero-order valence-electron chi connectivity index (χ0n) is 15.4. The van der Waals surface area contributed by atoms with Crippen LogP contribution in [0.1, 0.15) is 57.1 Å². The Morgan fingerprint density at radius 3 is 2.42 bits per heavy atom. The van der Waals surface area contributed by atoms with E-state index in [1.807, 2.05) is 30.3 Å². The van der Waals surface area contributed by atoms with E-state index >= 15 is 0 Å². The van der Waals surface area contributed by atoms with Crippen molar-refractivity contribution in [1.82, 2.24) is 0 Å². The Balaban J connectivity index is 3.12. The van der Waals surface area contributed by atoms with Crippen LogP contribution in [0.4, 0.5) is 0 Å². The minimum Gasteiger partial charge on any atom is -0.481 e. The molecular weight excluding hydrogens is 353 g/mol. The first-order valence-electron chi connectivity index (χ1n) is 8.56. The molecule has 4 N–H and O–H groups in total. The zero-order chi connectivity index (χ0) is 19.9. The summed E-state index contributed by atoms with van der Waals surface area (Å²) >= 11 is 0. The van der Waals surface area contributed by atoms with E-state index in [9.17, 15) is 24.4 Å². The van der Waals surface area contributed by atoms with Gasteiger partial charge in [-0.25, -0.2) is 0 Å². The summed E-state index contributed by atoms with van der Waals surface area (Å²) in [6, 6.07) is 7.82. The summed E-state index contributed by atoms with van der Waals surface area (Å²) in [6.45, 7) is 5.92. The van der Waals surface area contributed by atoms with Gasteiger partial charge in [-0.15, -0.1) is 0 Å². The van der Waals surface area contributed by atoms with Gasteiger partial charge < -0.3 is 20.5 Å². The number of carboxylic acid groups (broad SMARTS) is 1. The highest BCUT2D eigenvalue weighted by molar-refractivity contribution is 7.25. The highest BCUT2D eigenvalue weighted by Gasteiger charge is 2.41. The Morgan fingerprint density at radius 2 is 1.92 bits per heavy atom. The molecule has 0 aliphatic carbocycles. The van der Waals surface area contributed by atoms with Gasteiger partial charge in [0.2, 0.25) is 5.91 Å². The minimum absolute atomic E-state index is 0.0476. The van der Waals surface area contributed by atoms with Crippen molar-refractivity contribution in [2.24, 2.45) is 11.7 Å². The highest BCUT2D eigenvalue weighted by Crippen LogP contribution is 2.38. The molecule has 7 heteroatoms. The first-order chi connectivity index (χ1) is 12.1. The third-order valence-corrected chi connectivity index (χ3v) is 5.38. The first-order valence-corrected chi connectivity index (χ1v) is 9.61. The van der Waals surface area contributed by atoms with Crippen molar-refractivity contribution < 1.29 is 24.4 Å². The number of hydrogen-bond acceptors (Lipinski definition) is 4. The Bertz CT molecular complexity index is 701. The van der Waals surface area contributed by atoms with Crippen molar-refractivity contribution >= 4 is 26.4 Å². The number of amides is 1. The molecule has 0 saturated heterocycles. The van der Waals surface area contributed by atoms with Crippen molar-refractivity contribution in [3.05, 3.63) is 41.0 Å². The molecule has 1 aromatic rings. The molecule has 0 radical (unpaired) electrons. The summed E-state index contributed by atoms with van der Waals surface area (Å²) in [5.41, 5.74) is 7.91. The van der Waals surface area contributed by atoms with Gasteiger partial charge in [0.1, 0.15) is 5.34 Å². The van der Waals surface area contributed by atoms with Gasteiger partial charge in [-0.3, -0.25) is 9.59 Å². The van der Waals surface area contributed by atoms with Crippen LogP contribution in [-0.4, -0.2) is 27.4 Å². The molecule has 0 bridgehead atoms. The molecule has 1 amide bonds. The fourth-order valence-corrected chi connectivity index (χ4v) is 3.93. The van der Waals surface area contributed by atoms with Crippen LogP contribution in [0.5, 0.6) is 0 Å². The van der Waals surface area contributed by atoms with Gasteiger partial charge in [-0.2, -0.15) is 0 Å². The molecule has 0 spiro atoms. The van der Waals surface area contributed by atoms with Gasteiger partial charge >= 0.3 is 5.97 Å². The minimum atomic E-state index is -1.89. The summed E-state index contributed by atoms with van der Waals surface area (Å²) < 4.78 is 11.7. The topological polar surface area (TPSA) is 118 Å². The van der Waals surface area contributed by atoms with Crippen LogP contribution in [0.15, 0.2) is 29.8 Å². The van der Waals surface area contributed by atoms with Crippen molar-refractivity contribution in [2.45, 2.75) is 51.3 Å². The molecule has 0 fully saturated rings. The van der Waals surface area contributed by atoms with Gasteiger partial charge in [0.05, 0.1) is 14.4 Å². The smallest absolute Gasteiger partial charge is 0.309 e. The first kappa shape index (κ1) is 22.1. The van der Waals surface area contributed by atoms with E-state index in [0.29, 0.717) is 11.5 Å². The maximum Gasteiger partial charge on any atom is 0.309 e. The Kier molecular flexibility index (Phi) is 8.25. The average molecular weight is 381 g/mol. The normalized spacial score (nSPS) is 16.0. The SMILES string of the molecule is C/C(=C\c1ccccc1C(C)C)CC(O)([PH2]=O)C(CCC(N)=O)C(=O)O. The molecule has 3 unspecified atom stereocenters. The summed E-state index contributed by atoms with van der Waals surface area (Å²) in [5, 5.41) is 18.3. The number of hydrogen-bond donors (Lipinski definition) is 3. The lowest BCUT2D eigenvalue weighted by Gasteiger charge is -2.29. The van der Waals surface area contributed by atoms with Crippen LogP contribution >= 0.6 is 8.46 Å². The molecule has 6 nitrogen and oxygen atoms in total. The van der Waals surface area contributed by atoms with Gasteiger partial charge in [-0.05, 0) is 30.4 Å². The van der Waals surface area contributed by atoms with Crippen molar-refractivity contribution in [2.75, 3.05) is 0 Å². The number of carbonyl (C=O) groups is 2. The molecule has 0 aliphatic heterocycles. The van der Waals surface area contributed by atoms with E-state index < -0.39 is 31.6 Å². The maximum atomic E-state index is 11.7. The summed E-state index contributed by atoms with van der Waals surface area (Å²) in [7, 11) is -1.79.